The molecule has 1 saturated carbocycles. The number of aliphatic hydroxyl groups is 1. The number of hydrogen-bond donors (Lipinski definition) is 1. The fourth-order valence-electron chi connectivity index (χ4n) is 1.96. The number of aliphatic imine (C=N–C) groups is 1. The first-order valence-corrected chi connectivity index (χ1v) is 8.73. The lowest BCUT2D eigenvalue weighted by atomic mass is 10.0. The molecule has 0 heterocycles. The molecule has 1 aliphatic carbocycles. The summed E-state index contributed by atoms with van der Waals surface area (Å²) < 4.78 is 19.8. The van der Waals surface area contributed by atoms with Crippen molar-refractivity contribution in [2.45, 2.75) is 32.7 Å². The van der Waals surface area contributed by atoms with Crippen LogP contribution in [-0.4, -0.2) is 29.9 Å². The first-order chi connectivity index (χ1) is 10.9. The van der Waals surface area contributed by atoms with Gasteiger partial charge in [-0.15, -0.1) is 0 Å². The van der Waals surface area contributed by atoms with E-state index >= 15 is 0 Å². The number of esters is 1. The predicted octanol–water partition coefficient (Wildman–Crippen LogP) is 4.72. The van der Waals surface area contributed by atoms with E-state index in [0.717, 1.165) is 12.8 Å². The normalized spacial score (nSPS) is 15.7. The van der Waals surface area contributed by atoms with E-state index in [-0.39, 0.29) is 39.6 Å². The molecule has 1 N–H and O–H groups in total. The zero-order valence-corrected chi connectivity index (χ0v) is 15.9. The maximum Gasteiger partial charge on any atom is 0.343 e. The predicted molar refractivity (Wildman–Crippen MR) is 94.2 cm³/mol. The molecular weight excluding hydrogens is 433 g/mol. The zero-order valence-electron chi connectivity index (χ0n) is 12.7. The maximum atomic E-state index is 14.1. The Bertz CT molecular complexity index is 697. The van der Waals surface area contributed by atoms with Crippen molar-refractivity contribution in [3.8, 4) is 0 Å². The van der Waals surface area contributed by atoms with Crippen molar-refractivity contribution in [2.24, 2.45) is 4.99 Å². The molecule has 0 aliphatic heterocycles. The number of halogens is 3. The van der Waals surface area contributed by atoms with Crippen LogP contribution in [-0.2, 0) is 9.53 Å². The Morgan fingerprint density at radius 3 is 2.70 bits per heavy atom. The molecule has 0 saturated heterocycles. The van der Waals surface area contributed by atoms with Crippen LogP contribution in [0.2, 0.25) is 0 Å². The summed E-state index contributed by atoms with van der Waals surface area (Å²) in [4.78, 5) is 16.3. The van der Waals surface area contributed by atoms with E-state index in [4.69, 9.17) is 4.74 Å². The fraction of sp³-hybridized carbons (Fsp3) is 0.375. The monoisotopic (exact) mass is 447 g/mol. The zero-order chi connectivity index (χ0) is 17.1. The smallest absolute Gasteiger partial charge is 0.343 e. The molecule has 23 heavy (non-hydrogen) atoms. The van der Waals surface area contributed by atoms with Gasteiger partial charge in [0.1, 0.15) is 17.1 Å². The number of aliphatic hydroxyl groups excluding tert-OH is 1. The first-order valence-electron chi connectivity index (χ1n) is 7.14. The molecule has 2 rings (SSSR count). The minimum Gasteiger partial charge on any atom is -0.506 e. The van der Waals surface area contributed by atoms with Gasteiger partial charge in [0.15, 0.2) is 0 Å². The van der Waals surface area contributed by atoms with Gasteiger partial charge >= 0.3 is 5.97 Å². The summed E-state index contributed by atoms with van der Waals surface area (Å²) in [6, 6.07) is 1.66. The highest BCUT2D eigenvalue weighted by molar-refractivity contribution is 9.11. The summed E-state index contributed by atoms with van der Waals surface area (Å²) in [6.07, 6.45) is 3.24. The Morgan fingerprint density at radius 1 is 1.48 bits per heavy atom. The third-order valence-corrected chi connectivity index (χ3v) is 4.56. The van der Waals surface area contributed by atoms with Gasteiger partial charge in [0, 0.05) is 16.3 Å². The van der Waals surface area contributed by atoms with Crippen molar-refractivity contribution >= 4 is 49.8 Å². The van der Waals surface area contributed by atoms with Gasteiger partial charge in [-0.25, -0.2) is 9.18 Å². The summed E-state index contributed by atoms with van der Waals surface area (Å²) >= 11 is 6.40. The van der Waals surface area contributed by atoms with Crippen molar-refractivity contribution in [1.82, 2.24) is 0 Å². The van der Waals surface area contributed by atoms with Crippen molar-refractivity contribution in [2.75, 3.05) is 6.61 Å². The average molecular weight is 449 g/mol. The van der Waals surface area contributed by atoms with E-state index in [2.05, 4.69) is 36.9 Å². The molecule has 1 aliphatic rings. The number of carbonyl (C=O) groups is 1. The number of carbonyl (C=O) groups excluding carboxylic acids is 1. The van der Waals surface area contributed by atoms with Crippen LogP contribution in [0, 0.1) is 12.7 Å². The molecule has 0 spiro atoms. The maximum absolute atomic E-state index is 14.1. The van der Waals surface area contributed by atoms with Crippen LogP contribution >= 0.6 is 31.9 Å². The molecular formula is C16H16Br2FNO3. The Kier molecular flexibility index (Phi) is 5.97. The number of rotatable bonds is 5. The molecule has 7 heteroatoms. The molecule has 0 atom stereocenters. The highest BCUT2D eigenvalue weighted by Gasteiger charge is 2.24. The van der Waals surface area contributed by atoms with Gasteiger partial charge in [0.05, 0.1) is 17.1 Å². The van der Waals surface area contributed by atoms with Crippen LogP contribution in [0.25, 0.3) is 5.76 Å². The van der Waals surface area contributed by atoms with Gasteiger partial charge in [-0.05, 0) is 70.2 Å². The second kappa shape index (κ2) is 7.57. The molecule has 0 aromatic heterocycles. The lowest BCUT2D eigenvalue weighted by Gasteiger charge is -2.13. The number of nitrogens with zero attached hydrogens (tertiary/aromatic N) is 1. The van der Waals surface area contributed by atoms with Crippen LogP contribution < -0.4 is 0 Å². The van der Waals surface area contributed by atoms with E-state index in [0.29, 0.717) is 4.47 Å². The van der Waals surface area contributed by atoms with E-state index < -0.39 is 11.8 Å². The molecule has 0 unspecified atom stereocenters. The van der Waals surface area contributed by atoms with Crippen LogP contribution in [0.4, 0.5) is 4.39 Å². The third kappa shape index (κ3) is 4.20. The van der Waals surface area contributed by atoms with Crippen molar-refractivity contribution in [3.63, 3.8) is 0 Å². The minimum atomic E-state index is -0.691. The van der Waals surface area contributed by atoms with Crippen molar-refractivity contribution in [3.05, 3.63) is 37.5 Å². The van der Waals surface area contributed by atoms with Gasteiger partial charge in [-0.1, -0.05) is 0 Å². The molecule has 0 bridgehead atoms. The number of benzene rings is 1. The molecule has 0 amide bonds. The Hall–Kier alpha value is -1.21. The van der Waals surface area contributed by atoms with E-state index in [1.54, 1.807) is 6.92 Å². The number of hydrogen-bond acceptors (Lipinski definition) is 4. The Balaban J connectivity index is 2.57. The van der Waals surface area contributed by atoms with E-state index in [1.807, 2.05) is 0 Å². The van der Waals surface area contributed by atoms with Crippen molar-refractivity contribution < 1.29 is 19.0 Å². The average Bonchev–Trinajstić information content (AvgIpc) is 3.29. The Morgan fingerprint density at radius 2 is 2.13 bits per heavy atom. The minimum absolute atomic E-state index is 0.0794. The summed E-state index contributed by atoms with van der Waals surface area (Å²) in [7, 11) is 0. The van der Waals surface area contributed by atoms with Gasteiger partial charge in [-0.2, -0.15) is 0 Å². The lowest BCUT2D eigenvalue weighted by Crippen LogP contribution is -2.12. The van der Waals surface area contributed by atoms with Gasteiger partial charge in [-0.3, -0.25) is 4.99 Å². The first kappa shape index (κ1) is 18.1. The van der Waals surface area contributed by atoms with Crippen molar-refractivity contribution in [1.29, 1.82) is 0 Å². The SMILES string of the molecule is CCOC(=O)C(C=NC1CC1)=C(O)c1c(Br)cc(Br)c(F)c1C. The molecule has 124 valence electrons. The molecule has 0 radical (unpaired) electrons. The van der Waals surface area contributed by atoms with Gasteiger partial charge < -0.3 is 9.84 Å². The summed E-state index contributed by atoms with van der Waals surface area (Å²) in [6.45, 7) is 3.37. The van der Waals surface area contributed by atoms with Crippen LogP contribution in [0.5, 0.6) is 0 Å². The lowest BCUT2D eigenvalue weighted by molar-refractivity contribution is -0.137. The second-order valence-electron chi connectivity index (χ2n) is 5.15. The molecule has 1 aromatic rings. The highest BCUT2D eigenvalue weighted by Crippen LogP contribution is 2.34. The summed E-state index contributed by atoms with van der Waals surface area (Å²) in [5.74, 6) is -1.55. The molecule has 4 nitrogen and oxygen atoms in total. The molecule has 1 aromatic carbocycles. The molecule has 1 fully saturated rings. The van der Waals surface area contributed by atoms with Crippen LogP contribution in [0.1, 0.15) is 30.9 Å². The summed E-state index contributed by atoms with van der Waals surface area (Å²) in [5, 5.41) is 10.6. The fourth-order valence-corrected chi connectivity index (χ4v) is 3.51. The largest absolute Gasteiger partial charge is 0.506 e. The van der Waals surface area contributed by atoms with Crippen LogP contribution in [0.3, 0.4) is 0 Å². The second-order valence-corrected chi connectivity index (χ2v) is 6.85. The summed E-state index contributed by atoms with van der Waals surface area (Å²) in [5.41, 5.74) is 0.339. The Labute approximate surface area is 150 Å². The van der Waals surface area contributed by atoms with E-state index in [1.165, 1.54) is 19.2 Å². The van der Waals surface area contributed by atoms with Gasteiger partial charge in [0.2, 0.25) is 0 Å². The topological polar surface area (TPSA) is 58.9 Å². The van der Waals surface area contributed by atoms with E-state index in [9.17, 15) is 14.3 Å². The van der Waals surface area contributed by atoms with Gasteiger partial charge in [0.25, 0.3) is 0 Å². The number of ether oxygens (including phenoxy) is 1. The quantitative estimate of drug-likeness (QED) is 0.233. The standard InChI is InChI=1S/C16H16Br2FNO3/c1-3-23-16(22)10(7-20-9-4-5-9)15(21)13-8(2)14(19)12(18)6-11(13)17/h6-7,9,21H,3-5H2,1-2H3. The van der Waals surface area contributed by atoms with Crippen LogP contribution in [0.15, 0.2) is 25.6 Å². The third-order valence-electron chi connectivity index (χ3n) is 3.35. The highest BCUT2D eigenvalue weighted by atomic mass is 79.9.